The number of aromatic nitrogens is 1. The number of H-pyrrole nitrogens is 1. The molecule has 2 amide bonds. The summed E-state index contributed by atoms with van der Waals surface area (Å²) in [4.78, 5) is 51.0. The number of amides is 2. The molecule has 0 bridgehead atoms. The molecule has 33 heavy (non-hydrogen) atoms. The lowest BCUT2D eigenvalue weighted by molar-refractivity contribution is -0.143. The first kappa shape index (κ1) is 25.8. The number of unbranched alkanes of at least 4 members (excludes halogenated alkanes) is 1. The Labute approximate surface area is 190 Å². The van der Waals surface area contributed by atoms with E-state index in [4.69, 9.17) is 16.6 Å². The summed E-state index contributed by atoms with van der Waals surface area (Å²) in [5.74, 6) is -3.78. The van der Waals surface area contributed by atoms with Crippen molar-refractivity contribution in [1.29, 1.82) is 0 Å². The van der Waals surface area contributed by atoms with Crippen molar-refractivity contribution in [2.45, 2.75) is 56.7 Å². The monoisotopic (exact) mass is 461 g/mol. The van der Waals surface area contributed by atoms with E-state index in [1.807, 2.05) is 24.3 Å². The predicted molar refractivity (Wildman–Crippen MR) is 121 cm³/mol. The molecule has 2 rings (SSSR count). The Balaban J connectivity index is 2.05. The summed E-state index contributed by atoms with van der Waals surface area (Å²) in [5.41, 5.74) is 13.2. The van der Waals surface area contributed by atoms with Crippen molar-refractivity contribution < 1.29 is 29.4 Å². The zero-order valence-corrected chi connectivity index (χ0v) is 18.3. The molecule has 0 aliphatic carbocycles. The molecule has 0 aliphatic rings. The molecular formula is C22H31N5O6. The fraction of sp³-hybridized carbons (Fsp3) is 0.455. The molecule has 0 aliphatic heterocycles. The van der Waals surface area contributed by atoms with Gasteiger partial charge in [-0.15, -0.1) is 0 Å². The van der Waals surface area contributed by atoms with Gasteiger partial charge < -0.3 is 37.3 Å². The van der Waals surface area contributed by atoms with E-state index < -0.39 is 41.9 Å². The van der Waals surface area contributed by atoms with Gasteiger partial charge in [-0.3, -0.25) is 14.4 Å². The number of para-hydroxylation sites is 1. The Kier molecular flexibility index (Phi) is 9.83. The van der Waals surface area contributed by atoms with Crippen molar-refractivity contribution in [1.82, 2.24) is 15.6 Å². The first-order chi connectivity index (χ1) is 15.7. The Morgan fingerprint density at radius 3 is 2.33 bits per heavy atom. The van der Waals surface area contributed by atoms with E-state index in [2.05, 4.69) is 15.6 Å². The zero-order chi connectivity index (χ0) is 24.4. The topological polar surface area (TPSA) is 201 Å². The van der Waals surface area contributed by atoms with Crippen LogP contribution < -0.4 is 22.1 Å². The van der Waals surface area contributed by atoms with Crippen LogP contribution >= 0.6 is 0 Å². The largest absolute Gasteiger partial charge is 0.481 e. The number of carbonyl (C=O) groups is 4. The van der Waals surface area contributed by atoms with Crippen molar-refractivity contribution >= 4 is 34.7 Å². The van der Waals surface area contributed by atoms with E-state index in [1.165, 1.54) is 0 Å². The fourth-order valence-corrected chi connectivity index (χ4v) is 3.47. The highest BCUT2D eigenvalue weighted by atomic mass is 16.4. The molecule has 3 unspecified atom stereocenters. The normalized spacial score (nSPS) is 13.8. The summed E-state index contributed by atoms with van der Waals surface area (Å²) < 4.78 is 0. The molecule has 3 atom stereocenters. The van der Waals surface area contributed by atoms with Gasteiger partial charge in [-0.05, 0) is 50.3 Å². The molecule has 180 valence electrons. The van der Waals surface area contributed by atoms with Crippen molar-refractivity contribution in [2.75, 3.05) is 6.54 Å². The number of carbonyl (C=O) groups excluding carboxylic acids is 2. The second kappa shape index (κ2) is 12.6. The first-order valence-corrected chi connectivity index (χ1v) is 10.8. The van der Waals surface area contributed by atoms with Crippen molar-refractivity contribution in [3.63, 3.8) is 0 Å². The SMILES string of the molecule is NCCCCC(NC(=O)C(CCC(=O)O)NC(=O)C(N)Cc1c[nH]c2ccccc12)C(=O)O. The molecule has 0 radical (unpaired) electrons. The van der Waals surface area contributed by atoms with Gasteiger partial charge in [-0.2, -0.15) is 0 Å². The molecule has 2 aromatic rings. The lowest BCUT2D eigenvalue weighted by atomic mass is 10.0. The average molecular weight is 462 g/mol. The van der Waals surface area contributed by atoms with Gasteiger partial charge in [0.05, 0.1) is 6.04 Å². The smallest absolute Gasteiger partial charge is 0.326 e. The summed E-state index contributed by atoms with van der Waals surface area (Å²) in [6.45, 7) is 0.395. The molecule has 0 saturated heterocycles. The lowest BCUT2D eigenvalue weighted by Gasteiger charge is -2.22. The molecular weight excluding hydrogens is 430 g/mol. The van der Waals surface area contributed by atoms with E-state index in [9.17, 15) is 24.3 Å². The molecule has 11 heteroatoms. The fourth-order valence-electron chi connectivity index (χ4n) is 3.47. The zero-order valence-electron chi connectivity index (χ0n) is 18.3. The van der Waals surface area contributed by atoms with Gasteiger partial charge >= 0.3 is 11.9 Å². The molecule has 0 fully saturated rings. The summed E-state index contributed by atoms with van der Waals surface area (Å²) in [7, 11) is 0. The van der Waals surface area contributed by atoms with Gasteiger partial charge in [0.15, 0.2) is 0 Å². The maximum Gasteiger partial charge on any atom is 0.326 e. The van der Waals surface area contributed by atoms with Crippen molar-refractivity contribution in [3.05, 3.63) is 36.0 Å². The predicted octanol–water partition coefficient (Wildman–Crippen LogP) is 0.0857. The van der Waals surface area contributed by atoms with E-state index >= 15 is 0 Å². The van der Waals surface area contributed by atoms with Gasteiger partial charge in [0.1, 0.15) is 12.1 Å². The third kappa shape index (κ3) is 7.88. The number of fused-ring (bicyclic) bond motifs is 1. The van der Waals surface area contributed by atoms with Crippen LogP contribution in [0.1, 0.15) is 37.7 Å². The van der Waals surface area contributed by atoms with Crippen molar-refractivity contribution in [2.24, 2.45) is 11.5 Å². The van der Waals surface area contributed by atoms with E-state index in [-0.39, 0.29) is 25.7 Å². The van der Waals surface area contributed by atoms with Crippen LogP contribution in [0.5, 0.6) is 0 Å². The molecule has 1 aromatic heterocycles. The van der Waals surface area contributed by atoms with Gasteiger partial charge in [0.2, 0.25) is 11.8 Å². The quantitative estimate of drug-likeness (QED) is 0.192. The number of rotatable bonds is 14. The third-order valence-electron chi connectivity index (χ3n) is 5.29. The standard InChI is InChI=1S/C22H31N5O6/c23-10-4-3-7-18(22(32)33)27-21(31)17(8-9-19(28)29)26-20(30)15(24)11-13-12-25-16-6-2-1-5-14(13)16/h1-2,5-6,12,15,17-18,25H,3-4,7-11,23-24H2,(H,26,30)(H,27,31)(H,28,29)(H,32,33). The summed E-state index contributed by atoms with van der Waals surface area (Å²) in [5, 5.41) is 24.1. The van der Waals surface area contributed by atoms with Crippen LogP contribution in [0.2, 0.25) is 0 Å². The van der Waals surface area contributed by atoms with Crippen LogP contribution in [0.4, 0.5) is 0 Å². The van der Waals surface area contributed by atoms with Gasteiger partial charge in [0.25, 0.3) is 0 Å². The Morgan fingerprint density at radius 1 is 0.970 bits per heavy atom. The molecule has 1 heterocycles. The minimum absolute atomic E-state index is 0.165. The van der Waals surface area contributed by atoms with Crippen molar-refractivity contribution in [3.8, 4) is 0 Å². The van der Waals surface area contributed by atoms with E-state index in [0.29, 0.717) is 19.4 Å². The Morgan fingerprint density at radius 2 is 1.67 bits per heavy atom. The average Bonchev–Trinajstić information content (AvgIpc) is 3.18. The first-order valence-electron chi connectivity index (χ1n) is 10.8. The molecule has 1 aromatic carbocycles. The van der Waals surface area contributed by atoms with Gasteiger partial charge in [-0.25, -0.2) is 4.79 Å². The minimum Gasteiger partial charge on any atom is -0.481 e. The lowest BCUT2D eigenvalue weighted by Crippen LogP contribution is -2.54. The highest BCUT2D eigenvalue weighted by molar-refractivity contribution is 5.92. The number of hydrogen-bond donors (Lipinski definition) is 7. The number of nitrogens with one attached hydrogen (secondary N) is 3. The van der Waals surface area contributed by atoms with Gasteiger partial charge in [-0.1, -0.05) is 18.2 Å². The van der Waals surface area contributed by atoms with Crippen LogP contribution in [0, 0.1) is 0 Å². The van der Waals surface area contributed by atoms with E-state index in [0.717, 1.165) is 16.5 Å². The molecule has 0 spiro atoms. The maximum absolute atomic E-state index is 12.7. The number of hydrogen-bond acceptors (Lipinski definition) is 6. The molecule has 11 nitrogen and oxygen atoms in total. The summed E-state index contributed by atoms with van der Waals surface area (Å²) in [6, 6.07) is 4.12. The maximum atomic E-state index is 12.7. The van der Waals surface area contributed by atoms with Crippen LogP contribution in [0.3, 0.4) is 0 Å². The number of aromatic amines is 1. The molecule has 0 saturated carbocycles. The summed E-state index contributed by atoms with van der Waals surface area (Å²) >= 11 is 0. The second-order valence-corrected chi connectivity index (χ2v) is 7.85. The number of aliphatic carboxylic acids is 2. The minimum atomic E-state index is -1.24. The van der Waals surface area contributed by atoms with Crippen LogP contribution in [0.25, 0.3) is 10.9 Å². The highest BCUT2D eigenvalue weighted by Gasteiger charge is 2.28. The number of nitrogens with two attached hydrogens (primary N) is 2. The van der Waals surface area contributed by atoms with Gasteiger partial charge in [0, 0.05) is 23.5 Å². The highest BCUT2D eigenvalue weighted by Crippen LogP contribution is 2.18. The molecule has 9 N–H and O–H groups in total. The number of carboxylic acids is 2. The van der Waals surface area contributed by atoms with E-state index in [1.54, 1.807) is 6.20 Å². The Hall–Kier alpha value is -3.44. The number of benzene rings is 1. The number of carboxylic acid groups (broad SMARTS) is 2. The van der Waals surface area contributed by atoms with Crippen LogP contribution in [0.15, 0.2) is 30.5 Å². The third-order valence-corrected chi connectivity index (χ3v) is 5.29. The van der Waals surface area contributed by atoms with Crippen LogP contribution in [-0.4, -0.2) is 63.6 Å². The van der Waals surface area contributed by atoms with Crippen LogP contribution in [-0.2, 0) is 25.6 Å². The summed E-state index contributed by atoms with van der Waals surface area (Å²) in [6.07, 6.45) is 2.61. The Bertz CT molecular complexity index is 975. The second-order valence-electron chi connectivity index (χ2n) is 7.85.